The summed E-state index contributed by atoms with van der Waals surface area (Å²) in [5.74, 6) is 2.16. The van der Waals surface area contributed by atoms with Crippen molar-refractivity contribution in [1.82, 2.24) is 0 Å². The molecule has 7 nitrogen and oxygen atoms in total. The third kappa shape index (κ3) is 3.89. The molecule has 0 N–H and O–H groups in total. The topological polar surface area (TPSA) is 80.3 Å². The first-order chi connectivity index (χ1) is 13.9. The molecule has 0 bridgehead atoms. The van der Waals surface area contributed by atoms with Gasteiger partial charge in [-0.25, -0.2) is 0 Å². The van der Waals surface area contributed by atoms with E-state index < -0.39 is 0 Å². The van der Waals surface area contributed by atoms with Crippen LogP contribution in [0.25, 0.3) is 6.08 Å². The molecule has 0 saturated carbocycles. The average molecular weight is 398 g/mol. The number of benzene rings is 2. The maximum Gasteiger partial charge on any atom is 0.231 e. The predicted octanol–water partition coefficient (Wildman–Crippen LogP) is 3.60. The van der Waals surface area contributed by atoms with Crippen molar-refractivity contribution in [1.29, 1.82) is 0 Å². The summed E-state index contributed by atoms with van der Waals surface area (Å²) in [4.78, 5) is 24.0. The zero-order chi connectivity index (χ0) is 21.1. The van der Waals surface area contributed by atoms with Gasteiger partial charge >= 0.3 is 0 Å². The van der Waals surface area contributed by atoms with Gasteiger partial charge in [-0.3, -0.25) is 9.59 Å². The predicted molar refractivity (Wildman–Crippen MR) is 106 cm³/mol. The second-order valence-corrected chi connectivity index (χ2v) is 6.45. The summed E-state index contributed by atoms with van der Waals surface area (Å²) in [6, 6.07) is 6.75. The highest BCUT2D eigenvalue weighted by molar-refractivity contribution is 6.15. The maximum absolute atomic E-state index is 12.8. The molecule has 2 aromatic rings. The van der Waals surface area contributed by atoms with Gasteiger partial charge in [0.05, 0.1) is 26.9 Å². The summed E-state index contributed by atoms with van der Waals surface area (Å²) in [5.41, 5.74) is 1.75. The van der Waals surface area contributed by atoms with E-state index in [0.717, 1.165) is 0 Å². The van der Waals surface area contributed by atoms with Gasteiger partial charge in [-0.05, 0) is 49.8 Å². The monoisotopic (exact) mass is 398 g/mol. The fourth-order valence-corrected chi connectivity index (χ4v) is 3.04. The molecular weight excluding hydrogens is 376 g/mol. The summed E-state index contributed by atoms with van der Waals surface area (Å²) in [6.45, 7) is 3.19. The SMILES string of the molecule is COc1cc(/C=C2/Oc3c(ccc(OCC(C)=O)c3C)C2=O)cc(OC)c1OC. The van der Waals surface area contributed by atoms with Crippen molar-refractivity contribution in [2.45, 2.75) is 13.8 Å². The number of carbonyl (C=O) groups is 2. The van der Waals surface area contributed by atoms with Gasteiger partial charge in [-0.15, -0.1) is 0 Å². The Balaban J connectivity index is 1.97. The Kier molecular flexibility index (Phi) is 5.77. The third-order valence-electron chi connectivity index (χ3n) is 4.45. The Morgan fingerprint density at radius 3 is 2.24 bits per heavy atom. The van der Waals surface area contributed by atoms with E-state index in [1.165, 1.54) is 28.3 Å². The summed E-state index contributed by atoms with van der Waals surface area (Å²) < 4.78 is 27.3. The fraction of sp³-hybridized carbons (Fsp3) is 0.273. The molecule has 1 aliphatic rings. The van der Waals surface area contributed by atoms with Gasteiger partial charge in [0.15, 0.2) is 23.0 Å². The highest BCUT2D eigenvalue weighted by Gasteiger charge is 2.30. The van der Waals surface area contributed by atoms with Crippen LogP contribution in [-0.2, 0) is 4.79 Å². The molecule has 0 fully saturated rings. The molecule has 0 unspecified atom stereocenters. The first-order valence-corrected chi connectivity index (χ1v) is 8.89. The van der Waals surface area contributed by atoms with E-state index >= 15 is 0 Å². The molecule has 29 heavy (non-hydrogen) atoms. The van der Waals surface area contributed by atoms with E-state index in [9.17, 15) is 9.59 Å². The highest BCUT2D eigenvalue weighted by Crippen LogP contribution is 2.41. The molecule has 1 aliphatic heterocycles. The molecule has 0 spiro atoms. The zero-order valence-electron chi connectivity index (χ0n) is 17.0. The van der Waals surface area contributed by atoms with E-state index in [1.807, 2.05) is 0 Å². The van der Waals surface area contributed by atoms with Crippen LogP contribution in [0.5, 0.6) is 28.7 Å². The lowest BCUT2D eigenvalue weighted by Crippen LogP contribution is -2.07. The Bertz CT molecular complexity index is 979. The van der Waals surface area contributed by atoms with Crippen LogP contribution in [0.1, 0.15) is 28.4 Å². The molecule has 0 aromatic heterocycles. The lowest BCUT2D eigenvalue weighted by atomic mass is 10.1. The van der Waals surface area contributed by atoms with Gasteiger partial charge in [0.2, 0.25) is 11.5 Å². The molecule has 0 saturated heterocycles. The van der Waals surface area contributed by atoms with E-state index in [-0.39, 0.29) is 23.9 Å². The van der Waals surface area contributed by atoms with Crippen molar-refractivity contribution in [3.63, 3.8) is 0 Å². The Hall–Kier alpha value is -3.48. The van der Waals surface area contributed by atoms with E-state index in [4.69, 9.17) is 23.7 Å². The summed E-state index contributed by atoms with van der Waals surface area (Å²) in [5, 5.41) is 0. The van der Waals surface area contributed by atoms with Crippen molar-refractivity contribution in [2.24, 2.45) is 0 Å². The highest BCUT2D eigenvalue weighted by atomic mass is 16.5. The Labute approximate surface area is 168 Å². The van der Waals surface area contributed by atoms with E-state index in [0.29, 0.717) is 45.4 Å². The number of Topliss-reactive ketones (excluding diaryl/α,β-unsaturated/α-hetero) is 2. The summed E-state index contributed by atoms with van der Waals surface area (Å²) in [6.07, 6.45) is 1.61. The minimum Gasteiger partial charge on any atom is -0.493 e. The van der Waals surface area contributed by atoms with Crippen LogP contribution in [0, 0.1) is 6.92 Å². The average Bonchev–Trinajstić information content (AvgIpc) is 3.02. The number of rotatable bonds is 7. The second-order valence-electron chi connectivity index (χ2n) is 6.45. The lowest BCUT2D eigenvalue weighted by Gasteiger charge is -2.13. The molecule has 7 heteroatoms. The van der Waals surface area contributed by atoms with Crippen molar-refractivity contribution in [3.05, 3.63) is 46.7 Å². The number of carbonyl (C=O) groups excluding carboxylic acids is 2. The number of allylic oxidation sites excluding steroid dienone is 1. The standard InChI is InChI=1S/C22H22O7/c1-12(23)11-28-16-7-6-15-20(24)17(29-21(15)13(16)2)8-14-9-18(25-3)22(27-5)19(10-14)26-4/h6-10H,11H2,1-5H3/b17-8+. The van der Waals surface area contributed by atoms with Gasteiger partial charge in [-0.2, -0.15) is 0 Å². The Morgan fingerprint density at radius 1 is 1.03 bits per heavy atom. The van der Waals surface area contributed by atoms with Crippen LogP contribution in [0.3, 0.4) is 0 Å². The molecule has 2 aromatic carbocycles. The van der Waals surface area contributed by atoms with Crippen LogP contribution in [0.4, 0.5) is 0 Å². The number of ketones is 2. The fourth-order valence-electron chi connectivity index (χ4n) is 3.04. The summed E-state index contributed by atoms with van der Waals surface area (Å²) in [7, 11) is 4.56. The summed E-state index contributed by atoms with van der Waals surface area (Å²) >= 11 is 0. The minimum absolute atomic E-state index is 0.0400. The Morgan fingerprint density at radius 2 is 1.69 bits per heavy atom. The van der Waals surface area contributed by atoms with Crippen LogP contribution in [-0.4, -0.2) is 39.5 Å². The van der Waals surface area contributed by atoms with Crippen molar-refractivity contribution >= 4 is 17.6 Å². The first-order valence-electron chi connectivity index (χ1n) is 8.89. The van der Waals surface area contributed by atoms with Gasteiger partial charge in [0.1, 0.15) is 18.1 Å². The molecule has 3 rings (SSSR count). The number of fused-ring (bicyclic) bond motifs is 1. The number of hydrogen-bond donors (Lipinski definition) is 0. The van der Waals surface area contributed by atoms with Gasteiger partial charge in [0.25, 0.3) is 0 Å². The van der Waals surface area contributed by atoms with Gasteiger partial charge in [-0.1, -0.05) is 0 Å². The number of ether oxygens (including phenoxy) is 5. The van der Waals surface area contributed by atoms with Gasteiger partial charge < -0.3 is 23.7 Å². The quantitative estimate of drug-likeness (QED) is 0.659. The molecular formula is C22H22O7. The number of methoxy groups -OCH3 is 3. The molecule has 0 radical (unpaired) electrons. The van der Waals surface area contributed by atoms with Crippen LogP contribution < -0.4 is 23.7 Å². The molecule has 152 valence electrons. The minimum atomic E-state index is -0.241. The van der Waals surface area contributed by atoms with Crippen LogP contribution in [0.15, 0.2) is 30.0 Å². The van der Waals surface area contributed by atoms with Crippen molar-refractivity contribution in [2.75, 3.05) is 27.9 Å². The lowest BCUT2D eigenvalue weighted by molar-refractivity contribution is -0.118. The molecule has 0 amide bonds. The third-order valence-corrected chi connectivity index (χ3v) is 4.45. The number of hydrogen-bond acceptors (Lipinski definition) is 7. The van der Waals surface area contributed by atoms with Gasteiger partial charge in [0, 0.05) is 5.56 Å². The first kappa shape index (κ1) is 20.3. The maximum atomic E-state index is 12.8. The zero-order valence-corrected chi connectivity index (χ0v) is 17.0. The normalized spacial score (nSPS) is 13.7. The molecule has 1 heterocycles. The van der Waals surface area contributed by atoms with Crippen LogP contribution >= 0.6 is 0 Å². The van der Waals surface area contributed by atoms with Crippen LogP contribution in [0.2, 0.25) is 0 Å². The smallest absolute Gasteiger partial charge is 0.231 e. The largest absolute Gasteiger partial charge is 0.493 e. The van der Waals surface area contributed by atoms with Crippen molar-refractivity contribution < 1.29 is 33.3 Å². The van der Waals surface area contributed by atoms with E-state index in [1.54, 1.807) is 37.3 Å². The molecule has 0 aliphatic carbocycles. The molecule has 0 atom stereocenters. The van der Waals surface area contributed by atoms with Crippen molar-refractivity contribution in [3.8, 4) is 28.7 Å². The van der Waals surface area contributed by atoms with E-state index in [2.05, 4.69) is 0 Å². The second kappa shape index (κ2) is 8.26.